The second kappa shape index (κ2) is 4.91. The van der Waals surface area contributed by atoms with Crippen LogP contribution in [0.25, 0.3) is 0 Å². The molecule has 0 saturated heterocycles. The molecule has 0 amide bonds. The molecule has 1 spiro atoms. The molecule has 21 heavy (non-hydrogen) atoms. The van der Waals surface area contributed by atoms with Crippen molar-refractivity contribution < 1.29 is 18.0 Å². The zero-order chi connectivity index (χ0) is 15.1. The first kappa shape index (κ1) is 14.2. The van der Waals surface area contributed by atoms with Crippen LogP contribution < -0.4 is 0 Å². The van der Waals surface area contributed by atoms with Crippen molar-refractivity contribution in [2.75, 3.05) is 0 Å². The minimum Gasteiger partial charge on any atom is -0.299 e. The van der Waals surface area contributed by atoms with Crippen LogP contribution in [0.1, 0.15) is 32.1 Å². The molecule has 0 aromatic heterocycles. The van der Waals surface area contributed by atoms with Crippen LogP contribution in [0.15, 0.2) is 46.2 Å². The van der Waals surface area contributed by atoms with Gasteiger partial charge in [0.25, 0.3) is 0 Å². The average molecular weight is 304 g/mol. The Hall–Kier alpha value is -1.75. The van der Waals surface area contributed by atoms with Gasteiger partial charge < -0.3 is 0 Å². The van der Waals surface area contributed by atoms with Gasteiger partial charge in [-0.2, -0.15) is 0 Å². The van der Waals surface area contributed by atoms with Crippen molar-refractivity contribution >= 4 is 21.4 Å². The molecule has 0 aliphatic heterocycles. The lowest BCUT2D eigenvalue weighted by Crippen LogP contribution is -2.40. The van der Waals surface area contributed by atoms with Gasteiger partial charge in [-0.25, -0.2) is 8.42 Å². The molecule has 2 aliphatic carbocycles. The molecule has 5 heteroatoms. The molecule has 1 aromatic carbocycles. The van der Waals surface area contributed by atoms with Crippen LogP contribution >= 0.6 is 0 Å². The maximum absolute atomic E-state index is 12.6. The SMILES string of the molecule is O=C1CCCC(=O)C12CC=C(S(=O)(=O)c1ccccc1)C2. The highest BCUT2D eigenvalue weighted by Gasteiger charge is 2.50. The Labute approximate surface area is 123 Å². The van der Waals surface area contributed by atoms with Crippen molar-refractivity contribution in [3.05, 3.63) is 41.3 Å². The fourth-order valence-electron chi connectivity index (χ4n) is 3.15. The van der Waals surface area contributed by atoms with E-state index in [1.54, 1.807) is 24.3 Å². The second-order valence-electron chi connectivity index (χ2n) is 5.65. The summed E-state index contributed by atoms with van der Waals surface area (Å²) < 4.78 is 25.2. The number of benzene rings is 1. The summed E-state index contributed by atoms with van der Waals surface area (Å²) in [6, 6.07) is 8.14. The van der Waals surface area contributed by atoms with E-state index in [1.165, 1.54) is 12.1 Å². The summed E-state index contributed by atoms with van der Waals surface area (Å²) in [5.41, 5.74) is -1.10. The summed E-state index contributed by atoms with van der Waals surface area (Å²) in [6.07, 6.45) is 3.15. The summed E-state index contributed by atoms with van der Waals surface area (Å²) in [7, 11) is -3.60. The van der Waals surface area contributed by atoms with Crippen LogP contribution in [0, 0.1) is 5.41 Å². The summed E-state index contributed by atoms with van der Waals surface area (Å²) >= 11 is 0. The summed E-state index contributed by atoms with van der Waals surface area (Å²) in [4.78, 5) is 24.8. The largest absolute Gasteiger partial charge is 0.299 e. The van der Waals surface area contributed by atoms with Gasteiger partial charge >= 0.3 is 0 Å². The lowest BCUT2D eigenvalue weighted by atomic mass is 9.70. The third-order valence-corrected chi connectivity index (χ3v) is 6.32. The second-order valence-corrected chi connectivity index (χ2v) is 7.65. The van der Waals surface area contributed by atoms with Crippen LogP contribution in [0.3, 0.4) is 0 Å². The zero-order valence-electron chi connectivity index (χ0n) is 11.5. The van der Waals surface area contributed by atoms with E-state index in [1.807, 2.05) is 0 Å². The van der Waals surface area contributed by atoms with Crippen molar-refractivity contribution in [1.82, 2.24) is 0 Å². The molecule has 2 aliphatic rings. The number of Topliss-reactive ketones (excluding diaryl/α,β-unsaturated/α-hetero) is 2. The van der Waals surface area contributed by atoms with Crippen molar-refractivity contribution in [2.24, 2.45) is 5.41 Å². The van der Waals surface area contributed by atoms with Crippen LogP contribution in [0.4, 0.5) is 0 Å². The molecular weight excluding hydrogens is 288 g/mol. The van der Waals surface area contributed by atoms with Gasteiger partial charge in [-0.05, 0) is 25.0 Å². The Morgan fingerprint density at radius 2 is 1.57 bits per heavy atom. The van der Waals surface area contributed by atoms with Gasteiger partial charge in [-0.3, -0.25) is 9.59 Å². The number of rotatable bonds is 2. The maximum Gasteiger partial charge on any atom is 0.202 e. The third-order valence-electron chi connectivity index (χ3n) is 4.43. The minimum absolute atomic E-state index is 0.0297. The standard InChI is InChI=1S/C16H16O4S/c17-14-7-4-8-15(18)16(14)10-9-13(11-16)21(19,20)12-5-2-1-3-6-12/h1-3,5-6,9H,4,7-8,10-11H2. The molecule has 0 unspecified atom stereocenters. The number of carbonyl (C=O) groups excluding carboxylic acids is 2. The minimum atomic E-state index is -3.60. The Morgan fingerprint density at radius 1 is 0.952 bits per heavy atom. The topological polar surface area (TPSA) is 68.3 Å². The van der Waals surface area contributed by atoms with E-state index in [0.717, 1.165) is 0 Å². The first-order valence-electron chi connectivity index (χ1n) is 7.03. The zero-order valence-corrected chi connectivity index (χ0v) is 12.4. The molecule has 3 rings (SSSR count). The molecule has 1 aromatic rings. The first-order chi connectivity index (χ1) is 9.97. The van der Waals surface area contributed by atoms with E-state index in [4.69, 9.17) is 0 Å². The highest BCUT2D eigenvalue weighted by Crippen LogP contribution is 2.46. The molecule has 110 valence electrons. The van der Waals surface area contributed by atoms with Gasteiger partial charge in [0, 0.05) is 24.2 Å². The van der Waals surface area contributed by atoms with Gasteiger partial charge in [-0.15, -0.1) is 0 Å². The average Bonchev–Trinajstić information content (AvgIpc) is 2.93. The van der Waals surface area contributed by atoms with E-state index < -0.39 is 15.3 Å². The Balaban J connectivity index is 1.94. The quantitative estimate of drug-likeness (QED) is 0.787. The molecule has 1 fully saturated rings. The summed E-state index contributed by atoms with van der Waals surface area (Å²) in [5, 5.41) is 0. The van der Waals surface area contributed by atoms with Crippen LogP contribution in [-0.4, -0.2) is 20.0 Å². The van der Waals surface area contributed by atoms with E-state index in [-0.39, 0.29) is 34.2 Å². The monoisotopic (exact) mass is 304 g/mol. The Morgan fingerprint density at radius 3 is 2.19 bits per heavy atom. The highest BCUT2D eigenvalue weighted by molar-refractivity contribution is 7.95. The highest BCUT2D eigenvalue weighted by atomic mass is 32.2. The van der Waals surface area contributed by atoms with Gasteiger partial charge in [0.05, 0.1) is 10.3 Å². The summed E-state index contributed by atoms with van der Waals surface area (Å²) in [6.45, 7) is 0. The molecule has 4 nitrogen and oxygen atoms in total. The van der Waals surface area contributed by atoms with Gasteiger partial charge in [-0.1, -0.05) is 24.3 Å². The normalized spacial score (nSPS) is 21.6. The van der Waals surface area contributed by atoms with Gasteiger partial charge in [0.15, 0.2) is 0 Å². The van der Waals surface area contributed by atoms with Gasteiger partial charge in [0.1, 0.15) is 11.6 Å². The number of hydrogen-bond acceptors (Lipinski definition) is 4. The third kappa shape index (κ3) is 2.16. The van der Waals surface area contributed by atoms with Crippen molar-refractivity contribution in [3.8, 4) is 0 Å². The fourth-order valence-corrected chi connectivity index (χ4v) is 4.71. The smallest absolute Gasteiger partial charge is 0.202 e. The number of allylic oxidation sites excluding steroid dienone is 2. The Bertz CT molecular complexity index is 713. The fraction of sp³-hybridized carbons (Fsp3) is 0.375. The molecule has 0 bridgehead atoms. The number of carbonyl (C=O) groups is 2. The van der Waals surface area contributed by atoms with E-state index in [2.05, 4.69) is 0 Å². The van der Waals surface area contributed by atoms with Crippen molar-refractivity contribution in [2.45, 2.75) is 37.0 Å². The Kier molecular flexibility index (Phi) is 3.32. The number of hydrogen-bond donors (Lipinski definition) is 0. The van der Waals surface area contributed by atoms with E-state index >= 15 is 0 Å². The molecule has 0 N–H and O–H groups in total. The molecular formula is C16H16O4S. The molecule has 0 atom stereocenters. The first-order valence-corrected chi connectivity index (χ1v) is 8.51. The van der Waals surface area contributed by atoms with E-state index in [9.17, 15) is 18.0 Å². The molecule has 1 saturated carbocycles. The number of sulfone groups is 1. The van der Waals surface area contributed by atoms with Crippen LogP contribution in [0.2, 0.25) is 0 Å². The number of ketones is 2. The van der Waals surface area contributed by atoms with Gasteiger partial charge in [0.2, 0.25) is 9.84 Å². The summed E-state index contributed by atoms with van der Waals surface area (Å²) in [5.74, 6) is -0.207. The molecule has 0 radical (unpaired) electrons. The predicted octanol–water partition coefficient (Wildman–Crippen LogP) is 2.45. The predicted molar refractivity (Wildman–Crippen MR) is 77.2 cm³/mol. The lowest BCUT2D eigenvalue weighted by Gasteiger charge is -2.30. The van der Waals surface area contributed by atoms with Crippen LogP contribution in [-0.2, 0) is 19.4 Å². The van der Waals surface area contributed by atoms with Crippen LogP contribution in [0.5, 0.6) is 0 Å². The van der Waals surface area contributed by atoms with Crippen molar-refractivity contribution in [3.63, 3.8) is 0 Å². The molecule has 0 heterocycles. The van der Waals surface area contributed by atoms with Crippen molar-refractivity contribution in [1.29, 1.82) is 0 Å². The van der Waals surface area contributed by atoms with E-state index in [0.29, 0.717) is 19.3 Å². The lowest BCUT2D eigenvalue weighted by molar-refractivity contribution is -0.143. The maximum atomic E-state index is 12.6.